The lowest BCUT2D eigenvalue weighted by atomic mass is 10.1. The van der Waals surface area contributed by atoms with Gasteiger partial charge in [0.05, 0.1) is 6.54 Å². The number of hydrogen-bond donors (Lipinski definition) is 2. The van der Waals surface area contributed by atoms with E-state index in [9.17, 15) is 4.79 Å². The second-order valence-electron chi connectivity index (χ2n) is 5.15. The Morgan fingerprint density at radius 1 is 1.09 bits per heavy atom. The van der Waals surface area contributed by atoms with Crippen molar-refractivity contribution < 1.29 is 14.3 Å². The van der Waals surface area contributed by atoms with Crippen LogP contribution >= 0.6 is 11.6 Å². The summed E-state index contributed by atoms with van der Waals surface area (Å²) in [5.41, 5.74) is 1.96. The largest absolute Gasteiger partial charge is 0.454 e. The first-order valence-electron chi connectivity index (χ1n) is 7.35. The number of nitrogens with one attached hydrogen (secondary N) is 2. The molecule has 0 saturated carbocycles. The van der Waals surface area contributed by atoms with Crippen LogP contribution in [0.25, 0.3) is 0 Å². The summed E-state index contributed by atoms with van der Waals surface area (Å²) in [6, 6.07) is 13.1. The summed E-state index contributed by atoms with van der Waals surface area (Å²) in [6.45, 7) is 1.04. The van der Waals surface area contributed by atoms with Crippen molar-refractivity contribution in [2.75, 3.05) is 25.2 Å². The van der Waals surface area contributed by atoms with Crippen LogP contribution < -0.4 is 20.1 Å². The molecule has 0 unspecified atom stereocenters. The second-order valence-corrected chi connectivity index (χ2v) is 5.58. The number of fused-ring (bicyclic) bond motifs is 1. The molecule has 2 N–H and O–H groups in total. The first kappa shape index (κ1) is 15.5. The molecule has 0 bridgehead atoms. The van der Waals surface area contributed by atoms with Gasteiger partial charge in [-0.2, -0.15) is 0 Å². The predicted molar refractivity (Wildman–Crippen MR) is 89.2 cm³/mol. The topological polar surface area (TPSA) is 59.6 Å². The smallest absolute Gasteiger partial charge is 0.239 e. The highest BCUT2D eigenvalue weighted by molar-refractivity contribution is 6.30. The van der Waals surface area contributed by atoms with E-state index in [-0.39, 0.29) is 19.2 Å². The van der Waals surface area contributed by atoms with Crippen LogP contribution in [0.3, 0.4) is 0 Å². The third-order valence-corrected chi connectivity index (χ3v) is 3.73. The maximum atomic E-state index is 11.8. The third kappa shape index (κ3) is 4.29. The molecule has 0 fully saturated rings. The van der Waals surface area contributed by atoms with Crippen molar-refractivity contribution >= 4 is 23.2 Å². The summed E-state index contributed by atoms with van der Waals surface area (Å²) >= 11 is 5.84. The summed E-state index contributed by atoms with van der Waals surface area (Å²) < 4.78 is 10.5. The Morgan fingerprint density at radius 3 is 2.70 bits per heavy atom. The Bertz CT molecular complexity index is 689. The van der Waals surface area contributed by atoms with Crippen molar-refractivity contribution in [3.05, 3.63) is 53.1 Å². The van der Waals surface area contributed by atoms with E-state index in [1.165, 1.54) is 0 Å². The van der Waals surface area contributed by atoms with E-state index < -0.39 is 0 Å². The fourth-order valence-corrected chi connectivity index (χ4v) is 2.37. The fraction of sp³-hybridized carbons (Fsp3) is 0.235. The lowest BCUT2D eigenvalue weighted by molar-refractivity contribution is -0.119. The van der Waals surface area contributed by atoms with Crippen LogP contribution in [0, 0.1) is 0 Å². The molecule has 5 nitrogen and oxygen atoms in total. The molecule has 0 spiro atoms. The quantitative estimate of drug-likeness (QED) is 0.854. The van der Waals surface area contributed by atoms with Gasteiger partial charge in [-0.05, 0) is 36.2 Å². The van der Waals surface area contributed by atoms with Gasteiger partial charge >= 0.3 is 0 Å². The number of benzene rings is 2. The molecule has 0 aromatic heterocycles. The number of anilines is 1. The highest BCUT2D eigenvalue weighted by atomic mass is 35.5. The second kappa shape index (κ2) is 7.24. The number of hydrogen-bond acceptors (Lipinski definition) is 4. The Morgan fingerprint density at radius 2 is 1.87 bits per heavy atom. The molecule has 2 aromatic carbocycles. The van der Waals surface area contributed by atoms with E-state index in [0.29, 0.717) is 17.3 Å². The Balaban J connectivity index is 1.40. The van der Waals surface area contributed by atoms with Crippen LogP contribution in [-0.2, 0) is 11.2 Å². The average Bonchev–Trinajstić information content (AvgIpc) is 3.02. The monoisotopic (exact) mass is 332 g/mol. The Kier molecular flexibility index (Phi) is 4.88. The van der Waals surface area contributed by atoms with Crippen LogP contribution in [0.5, 0.6) is 11.5 Å². The van der Waals surface area contributed by atoms with Crippen molar-refractivity contribution in [3.63, 3.8) is 0 Å². The number of halogens is 1. The molecule has 0 radical (unpaired) electrons. The molecule has 0 atom stereocenters. The Labute approximate surface area is 139 Å². The number of ether oxygens (including phenoxy) is 2. The molecule has 0 aliphatic carbocycles. The van der Waals surface area contributed by atoms with Crippen molar-refractivity contribution in [1.29, 1.82) is 0 Å². The van der Waals surface area contributed by atoms with Gasteiger partial charge in [0.25, 0.3) is 0 Å². The number of carbonyl (C=O) groups is 1. The van der Waals surface area contributed by atoms with E-state index >= 15 is 0 Å². The van der Waals surface area contributed by atoms with E-state index in [4.69, 9.17) is 21.1 Å². The Hall–Kier alpha value is -2.40. The van der Waals surface area contributed by atoms with Gasteiger partial charge in [0.2, 0.25) is 12.7 Å². The summed E-state index contributed by atoms with van der Waals surface area (Å²) in [5.74, 6) is 1.36. The van der Waals surface area contributed by atoms with Gasteiger partial charge < -0.3 is 20.1 Å². The highest BCUT2D eigenvalue weighted by Gasteiger charge is 2.13. The SMILES string of the molecule is O=C(CNc1ccc2c(c1)OCO2)NCCc1ccc(Cl)cc1. The molecule has 1 aliphatic rings. The van der Waals surface area contributed by atoms with Gasteiger partial charge in [-0.3, -0.25) is 4.79 Å². The lowest BCUT2D eigenvalue weighted by Gasteiger charge is -2.08. The molecule has 0 saturated heterocycles. The minimum Gasteiger partial charge on any atom is -0.454 e. The fourth-order valence-electron chi connectivity index (χ4n) is 2.25. The van der Waals surface area contributed by atoms with Crippen LogP contribution in [0.1, 0.15) is 5.56 Å². The summed E-state index contributed by atoms with van der Waals surface area (Å²) in [7, 11) is 0. The van der Waals surface area contributed by atoms with Crippen molar-refractivity contribution in [3.8, 4) is 11.5 Å². The van der Waals surface area contributed by atoms with Gasteiger partial charge in [-0.1, -0.05) is 23.7 Å². The zero-order valence-electron chi connectivity index (χ0n) is 12.5. The molecule has 1 aliphatic heterocycles. The normalized spacial score (nSPS) is 12.0. The molecular formula is C17H17ClN2O3. The van der Waals surface area contributed by atoms with Crippen molar-refractivity contribution in [1.82, 2.24) is 5.32 Å². The van der Waals surface area contributed by atoms with E-state index in [1.807, 2.05) is 42.5 Å². The van der Waals surface area contributed by atoms with Crippen LogP contribution in [0.4, 0.5) is 5.69 Å². The number of carbonyl (C=O) groups excluding carboxylic acids is 1. The first-order chi connectivity index (χ1) is 11.2. The third-order valence-electron chi connectivity index (χ3n) is 3.47. The molecule has 2 aromatic rings. The standard InChI is InChI=1S/C17H17ClN2O3/c18-13-3-1-12(2-4-13)7-8-19-17(21)10-20-14-5-6-15-16(9-14)23-11-22-15/h1-6,9,20H,7-8,10-11H2,(H,19,21). The average molecular weight is 333 g/mol. The first-order valence-corrected chi connectivity index (χ1v) is 7.73. The van der Waals surface area contributed by atoms with Gasteiger partial charge in [0.15, 0.2) is 11.5 Å². The van der Waals surface area contributed by atoms with Crippen molar-refractivity contribution in [2.45, 2.75) is 6.42 Å². The maximum Gasteiger partial charge on any atom is 0.239 e. The molecule has 6 heteroatoms. The minimum atomic E-state index is -0.0587. The number of rotatable bonds is 6. The molecule has 3 rings (SSSR count). The summed E-state index contributed by atoms with van der Waals surface area (Å²) in [6.07, 6.45) is 0.771. The molecule has 1 heterocycles. The van der Waals surface area contributed by atoms with Crippen molar-refractivity contribution in [2.24, 2.45) is 0 Å². The lowest BCUT2D eigenvalue weighted by Crippen LogP contribution is -2.31. The van der Waals surface area contributed by atoms with Crippen LogP contribution in [0.2, 0.25) is 5.02 Å². The molecule has 120 valence electrons. The molecule has 23 heavy (non-hydrogen) atoms. The van der Waals surface area contributed by atoms with E-state index in [2.05, 4.69) is 10.6 Å². The molecule has 1 amide bonds. The summed E-state index contributed by atoms with van der Waals surface area (Å²) in [5, 5.41) is 6.66. The number of amides is 1. The predicted octanol–water partition coefficient (Wildman–Crippen LogP) is 2.84. The summed E-state index contributed by atoms with van der Waals surface area (Å²) in [4.78, 5) is 11.8. The van der Waals surface area contributed by atoms with Gasteiger partial charge in [-0.25, -0.2) is 0 Å². The minimum absolute atomic E-state index is 0.0587. The van der Waals surface area contributed by atoms with E-state index in [0.717, 1.165) is 23.4 Å². The maximum absolute atomic E-state index is 11.8. The van der Waals surface area contributed by atoms with Gasteiger partial charge in [-0.15, -0.1) is 0 Å². The van der Waals surface area contributed by atoms with Gasteiger partial charge in [0.1, 0.15) is 0 Å². The van der Waals surface area contributed by atoms with Crippen LogP contribution in [0.15, 0.2) is 42.5 Å². The highest BCUT2D eigenvalue weighted by Crippen LogP contribution is 2.34. The zero-order valence-corrected chi connectivity index (χ0v) is 13.2. The zero-order chi connectivity index (χ0) is 16.1. The van der Waals surface area contributed by atoms with Gasteiger partial charge in [0, 0.05) is 23.3 Å². The van der Waals surface area contributed by atoms with E-state index in [1.54, 1.807) is 0 Å². The van der Waals surface area contributed by atoms with Crippen LogP contribution in [-0.4, -0.2) is 25.8 Å². The molecular weight excluding hydrogens is 316 g/mol.